The normalized spacial score (nSPS) is 10.1. The topological polar surface area (TPSA) is 51.8 Å². The van der Waals surface area contributed by atoms with E-state index in [1.165, 1.54) is 0 Å². The predicted molar refractivity (Wildman–Crippen MR) is 59.6 cm³/mol. The van der Waals surface area contributed by atoms with Crippen LogP contribution >= 0.6 is 15.9 Å². The first-order valence-electron chi connectivity index (χ1n) is 4.09. The average Bonchev–Trinajstić information content (AvgIpc) is 2.23. The van der Waals surface area contributed by atoms with Crippen LogP contribution in [0.2, 0.25) is 0 Å². The van der Waals surface area contributed by atoms with Gasteiger partial charge in [-0.3, -0.25) is 4.98 Å². The van der Waals surface area contributed by atoms with Crippen LogP contribution in [0.3, 0.4) is 0 Å². The van der Waals surface area contributed by atoms with E-state index in [2.05, 4.69) is 25.9 Å². The molecule has 0 aromatic carbocycles. The minimum Gasteiger partial charge on any atom is -0.397 e. The largest absolute Gasteiger partial charge is 0.397 e. The summed E-state index contributed by atoms with van der Waals surface area (Å²) in [5, 5.41) is 0. The highest BCUT2D eigenvalue weighted by Gasteiger charge is 2.03. The Morgan fingerprint density at radius 3 is 2.86 bits per heavy atom. The van der Waals surface area contributed by atoms with Crippen molar-refractivity contribution in [2.45, 2.75) is 0 Å². The summed E-state index contributed by atoms with van der Waals surface area (Å²) in [4.78, 5) is 8.08. The van der Waals surface area contributed by atoms with Gasteiger partial charge in [0.2, 0.25) is 0 Å². The number of pyridine rings is 2. The molecule has 4 heteroatoms. The maximum absolute atomic E-state index is 5.81. The fraction of sp³-hybridized carbons (Fsp3) is 0. The Hall–Kier alpha value is -1.42. The lowest BCUT2D eigenvalue weighted by atomic mass is 10.1. The van der Waals surface area contributed by atoms with Gasteiger partial charge in [0, 0.05) is 23.5 Å². The second-order valence-corrected chi connectivity index (χ2v) is 3.65. The molecule has 0 bridgehead atoms. The number of nitrogens with two attached hydrogens (primary N) is 1. The molecule has 0 saturated carbocycles. The summed E-state index contributed by atoms with van der Waals surface area (Å²) in [6, 6.07) is 5.72. The Morgan fingerprint density at radius 1 is 1.29 bits per heavy atom. The summed E-state index contributed by atoms with van der Waals surface area (Å²) in [6.07, 6.45) is 5.14. The van der Waals surface area contributed by atoms with Gasteiger partial charge in [-0.1, -0.05) is 6.07 Å². The molecule has 0 radical (unpaired) electrons. The molecular formula is C10H8BrN3. The van der Waals surface area contributed by atoms with Crippen LogP contribution in [0, 0.1) is 0 Å². The number of anilines is 1. The van der Waals surface area contributed by atoms with Gasteiger partial charge in [0.25, 0.3) is 0 Å². The quantitative estimate of drug-likeness (QED) is 0.791. The van der Waals surface area contributed by atoms with Crippen molar-refractivity contribution < 1.29 is 0 Å². The number of nitrogens with zero attached hydrogens (tertiary/aromatic N) is 2. The Balaban J connectivity index is 2.57. The predicted octanol–water partition coefficient (Wildman–Crippen LogP) is 2.49. The first-order chi connectivity index (χ1) is 6.77. The second-order valence-electron chi connectivity index (χ2n) is 2.84. The van der Waals surface area contributed by atoms with Crippen LogP contribution in [0.5, 0.6) is 0 Å². The third-order valence-corrected chi connectivity index (χ3v) is 2.31. The lowest BCUT2D eigenvalue weighted by Gasteiger charge is -2.04. The van der Waals surface area contributed by atoms with Gasteiger partial charge in [-0.2, -0.15) is 0 Å². The van der Waals surface area contributed by atoms with Gasteiger partial charge >= 0.3 is 0 Å². The first kappa shape index (κ1) is 9.15. The van der Waals surface area contributed by atoms with Gasteiger partial charge in [-0.25, -0.2) is 4.98 Å². The molecule has 2 heterocycles. The molecule has 0 aliphatic carbocycles. The molecule has 0 atom stereocenters. The zero-order valence-electron chi connectivity index (χ0n) is 7.31. The van der Waals surface area contributed by atoms with E-state index in [1.807, 2.05) is 18.2 Å². The Bertz CT molecular complexity index is 442. The summed E-state index contributed by atoms with van der Waals surface area (Å²) in [5.74, 6) is 0. The lowest BCUT2D eigenvalue weighted by molar-refractivity contribution is 1.27. The Morgan fingerprint density at radius 2 is 2.14 bits per heavy atom. The Labute approximate surface area is 90.1 Å². The highest BCUT2D eigenvalue weighted by atomic mass is 79.9. The van der Waals surface area contributed by atoms with Crippen LogP contribution in [0.4, 0.5) is 5.69 Å². The van der Waals surface area contributed by atoms with Crippen molar-refractivity contribution in [1.29, 1.82) is 0 Å². The van der Waals surface area contributed by atoms with Gasteiger partial charge in [0.05, 0.1) is 11.9 Å². The molecule has 14 heavy (non-hydrogen) atoms. The molecule has 3 nitrogen and oxygen atoms in total. The van der Waals surface area contributed by atoms with Crippen molar-refractivity contribution in [1.82, 2.24) is 9.97 Å². The van der Waals surface area contributed by atoms with Crippen molar-refractivity contribution in [3.8, 4) is 11.1 Å². The molecule has 2 aromatic heterocycles. The van der Waals surface area contributed by atoms with Gasteiger partial charge in [0.1, 0.15) is 4.60 Å². The van der Waals surface area contributed by atoms with E-state index in [4.69, 9.17) is 5.73 Å². The molecule has 2 aromatic rings. The van der Waals surface area contributed by atoms with Crippen molar-refractivity contribution in [3.63, 3.8) is 0 Å². The summed E-state index contributed by atoms with van der Waals surface area (Å²) in [5.41, 5.74) is 8.40. The summed E-state index contributed by atoms with van der Waals surface area (Å²) in [6.45, 7) is 0. The third kappa shape index (κ3) is 1.75. The molecule has 0 spiro atoms. The van der Waals surface area contributed by atoms with Gasteiger partial charge in [0.15, 0.2) is 0 Å². The summed E-state index contributed by atoms with van der Waals surface area (Å²) in [7, 11) is 0. The number of rotatable bonds is 1. The standard InChI is InChI=1S/C10H8BrN3/c11-10-4-8(9(12)6-14-10)7-2-1-3-13-5-7/h1-6H,12H2. The highest BCUT2D eigenvalue weighted by Crippen LogP contribution is 2.26. The third-order valence-electron chi connectivity index (χ3n) is 1.87. The summed E-state index contributed by atoms with van der Waals surface area (Å²) >= 11 is 3.31. The summed E-state index contributed by atoms with van der Waals surface area (Å²) < 4.78 is 0.769. The molecule has 0 saturated heterocycles. The fourth-order valence-electron chi connectivity index (χ4n) is 1.21. The first-order valence-corrected chi connectivity index (χ1v) is 4.88. The number of hydrogen-bond donors (Lipinski definition) is 1. The molecular weight excluding hydrogens is 242 g/mol. The van der Waals surface area contributed by atoms with E-state index < -0.39 is 0 Å². The SMILES string of the molecule is Nc1cnc(Br)cc1-c1cccnc1. The molecule has 0 aliphatic rings. The smallest absolute Gasteiger partial charge is 0.106 e. The van der Waals surface area contributed by atoms with E-state index in [1.54, 1.807) is 18.6 Å². The minimum absolute atomic E-state index is 0.654. The van der Waals surface area contributed by atoms with Crippen LogP contribution in [-0.4, -0.2) is 9.97 Å². The molecule has 70 valence electrons. The maximum atomic E-state index is 5.81. The molecule has 0 unspecified atom stereocenters. The molecule has 0 aliphatic heterocycles. The van der Waals surface area contributed by atoms with Crippen LogP contribution in [-0.2, 0) is 0 Å². The molecule has 0 amide bonds. The van der Waals surface area contributed by atoms with Gasteiger partial charge < -0.3 is 5.73 Å². The highest BCUT2D eigenvalue weighted by molar-refractivity contribution is 9.10. The van der Waals surface area contributed by atoms with Gasteiger partial charge in [-0.15, -0.1) is 0 Å². The lowest BCUT2D eigenvalue weighted by Crippen LogP contribution is -1.92. The second kappa shape index (κ2) is 3.75. The van der Waals surface area contributed by atoms with Crippen LogP contribution in [0.15, 0.2) is 41.4 Å². The zero-order valence-corrected chi connectivity index (χ0v) is 8.90. The number of hydrogen-bond acceptors (Lipinski definition) is 3. The van der Waals surface area contributed by atoms with E-state index in [0.29, 0.717) is 5.69 Å². The fourth-order valence-corrected chi connectivity index (χ4v) is 1.54. The number of nitrogen functional groups attached to an aromatic ring is 1. The van der Waals surface area contributed by atoms with E-state index in [-0.39, 0.29) is 0 Å². The maximum Gasteiger partial charge on any atom is 0.106 e. The number of aromatic nitrogens is 2. The zero-order chi connectivity index (χ0) is 9.97. The average molecular weight is 250 g/mol. The van der Waals surface area contributed by atoms with E-state index >= 15 is 0 Å². The van der Waals surface area contributed by atoms with Crippen molar-refractivity contribution in [2.24, 2.45) is 0 Å². The van der Waals surface area contributed by atoms with Gasteiger partial charge in [-0.05, 0) is 28.1 Å². The monoisotopic (exact) mass is 249 g/mol. The molecule has 2 N–H and O–H groups in total. The van der Waals surface area contributed by atoms with Crippen LogP contribution < -0.4 is 5.73 Å². The molecule has 2 rings (SSSR count). The Kier molecular flexibility index (Phi) is 2.45. The van der Waals surface area contributed by atoms with E-state index in [0.717, 1.165) is 15.7 Å². The van der Waals surface area contributed by atoms with Crippen molar-refractivity contribution in [2.75, 3.05) is 5.73 Å². The van der Waals surface area contributed by atoms with Crippen molar-refractivity contribution >= 4 is 21.6 Å². The van der Waals surface area contributed by atoms with E-state index in [9.17, 15) is 0 Å². The van der Waals surface area contributed by atoms with Crippen LogP contribution in [0.25, 0.3) is 11.1 Å². The van der Waals surface area contributed by atoms with Crippen LogP contribution in [0.1, 0.15) is 0 Å². The van der Waals surface area contributed by atoms with Crippen molar-refractivity contribution in [3.05, 3.63) is 41.4 Å². The minimum atomic E-state index is 0.654. The number of halogens is 1. The molecule has 0 fully saturated rings.